The fraction of sp³-hybridized carbons (Fsp3) is 0.357. The topological polar surface area (TPSA) is 72.0 Å². The lowest BCUT2D eigenvalue weighted by Gasteiger charge is -2.06. The summed E-state index contributed by atoms with van der Waals surface area (Å²) in [7, 11) is 1.34. The minimum absolute atomic E-state index is 0.208. The molecule has 5 nitrogen and oxygen atoms in total. The first-order chi connectivity index (χ1) is 9.56. The van der Waals surface area contributed by atoms with E-state index in [2.05, 4.69) is 9.97 Å². The average molecular weight is 292 g/mol. The Balaban J connectivity index is 2.59. The van der Waals surface area contributed by atoms with Gasteiger partial charge in [-0.25, -0.2) is 9.78 Å². The van der Waals surface area contributed by atoms with E-state index in [1.165, 1.54) is 24.5 Å². The SMILES string of the molecule is CCCc1nc(-c2c(C)csc2C(=O)OC)cc(=O)[nH]1. The van der Waals surface area contributed by atoms with E-state index in [1.807, 2.05) is 19.2 Å². The van der Waals surface area contributed by atoms with Gasteiger partial charge in [0.2, 0.25) is 0 Å². The van der Waals surface area contributed by atoms with Gasteiger partial charge in [0, 0.05) is 18.1 Å². The number of H-pyrrole nitrogens is 1. The van der Waals surface area contributed by atoms with Gasteiger partial charge in [0.25, 0.3) is 5.56 Å². The van der Waals surface area contributed by atoms with Gasteiger partial charge in [-0.3, -0.25) is 4.79 Å². The maximum Gasteiger partial charge on any atom is 0.348 e. The number of rotatable bonds is 4. The highest BCUT2D eigenvalue weighted by Crippen LogP contribution is 2.31. The van der Waals surface area contributed by atoms with Gasteiger partial charge >= 0.3 is 5.97 Å². The van der Waals surface area contributed by atoms with Crippen molar-refractivity contribution >= 4 is 17.3 Å². The third-order valence-electron chi connectivity index (χ3n) is 2.88. The van der Waals surface area contributed by atoms with Crippen molar-refractivity contribution in [1.82, 2.24) is 9.97 Å². The molecule has 2 heterocycles. The van der Waals surface area contributed by atoms with Gasteiger partial charge in [-0.1, -0.05) is 6.92 Å². The first-order valence-electron chi connectivity index (χ1n) is 6.33. The predicted molar refractivity (Wildman–Crippen MR) is 78.2 cm³/mol. The quantitative estimate of drug-likeness (QED) is 0.879. The molecule has 0 aliphatic carbocycles. The highest BCUT2D eigenvalue weighted by molar-refractivity contribution is 7.12. The van der Waals surface area contributed by atoms with E-state index in [0.717, 1.165) is 12.0 Å². The van der Waals surface area contributed by atoms with Crippen molar-refractivity contribution < 1.29 is 9.53 Å². The zero-order valence-electron chi connectivity index (χ0n) is 11.6. The molecule has 0 amide bonds. The summed E-state index contributed by atoms with van der Waals surface area (Å²) < 4.78 is 4.78. The molecule has 0 aliphatic heterocycles. The highest BCUT2D eigenvalue weighted by atomic mass is 32.1. The van der Waals surface area contributed by atoms with Crippen molar-refractivity contribution in [1.29, 1.82) is 0 Å². The molecule has 0 saturated carbocycles. The Labute approximate surface area is 120 Å². The fourth-order valence-electron chi connectivity index (χ4n) is 2.00. The monoisotopic (exact) mass is 292 g/mol. The lowest BCUT2D eigenvalue weighted by molar-refractivity contribution is 0.0607. The summed E-state index contributed by atoms with van der Waals surface area (Å²) >= 11 is 1.30. The number of ether oxygens (including phenoxy) is 1. The van der Waals surface area contributed by atoms with Crippen molar-refractivity contribution in [3.8, 4) is 11.3 Å². The molecule has 0 aromatic carbocycles. The van der Waals surface area contributed by atoms with Gasteiger partial charge in [0.05, 0.1) is 12.8 Å². The summed E-state index contributed by atoms with van der Waals surface area (Å²) in [6.07, 6.45) is 1.58. The molecule has 0 atom stereocenters. The first kappa shape index (κ1) is 14.5. The van der Waals surface area contributed by atoms with E-state index in [1.54, 1.807) is 0 Å². The van der Waals surface area contributed by atoms with Crippen LogP contribution in [-0.4, -0.2) is 23.0 Å². The van der Waals surface area contributed by atoms with Crippen molar-refractivity contribution in [2.45, 2.75) is 26.7 Å². The number of carbonyl (C=O) groups excluding carboxylic acids is 1. The van der Waals surface area contributed by atoms with Gasteiger partial charge in [-0.2, -0.15) is 0 Å². The van der Waals surface area contributed by atoms with E-state index in [-0.39, 0.29) is 5.56 Å². The Morgan fingerprint density at radius 2 is 2.25 bits per heavy atom. The number of hydrogen-bond donors (Lipinski definition) is 1. The number of aryl methyl sites for hydroxylation is 2. The lowest BCUT2D eigenvalue weighted by Crippen LogP contribution is -2.12. The zero-order valence-corrected chi connectivity index (χ0v) is 12.5. The van der Waals surface area contributed by atoms with Gasteiger partial charge in [0.15, 0.2) is 0 Å². The Kier molecular flexibility index (Phi) is 4.34. The van der Waals surface area contributed by atoms with Gasteiger partial charge in [-0.15, -0.1) is 11.3 Å². The van der Waals surface area contributed by atoms with Crippen LogP contribution in [0.15, 0.2) is 16.2 Å². The first-order valence-corrected chi connectivity index (χ1v) is 7.21. The third-order valence-corrected chi connectivity index (χ3v) is 3.96. The molecule has 2 aromatic heterocycles. The van der Waals surface area contributed by atoms with Crippen LogP contribution in [-0.2, 0) is 11.2 Å². The second kappa shape index (κ2) is 6.00. The predicted octanol–water partition coefficient (Wildman–Crippen LogP) is 2.55. The Morgan fingerprint density at radius 1 is 1.50 bits per heavy atom. The van der Waals surface area contributed by atoms with Crippen LogP contribution in [0.25, 0.3) is 11.3 Å². The second-order valence-electron chi connectivity index (χ2n) is 4.44. The summed E-state index contributed by atoms with van der Waals surface area (Å²) in [5.74, 6) is 0.230. The maximum absolute atomic E-state index is 11.8. The number of aromatic nitrogens is 2. The standard InChI is InChI=1S/C14H16N2O3S/c1-4-5-10-15-9(6-11(17)16-10)12-8(2)7-20-13(12)14(18)19-3/h6-7H,4-5H2,1-3H3,(H,15,16,17). The second-order valence-corrected chi connectivity index (χ2v) is 5.32. The van der Waals surface area contributed by atoms with Crippen LogP contribution in [0.3, 0.4) is 0 Å². The van der Waals surface area contributed by atoms with E-state index in [4.69, 9.17) is 4.74 Å². The van der Waals surface area contributed by atoms with Crippen LogP contribution < -0.4 is 5.56 Å². The molecule has 0 spiro atoms. The molecule has 2 aromatic rings. The lowest BCUT2D eigenvalue weighted by atomic mass is 10.1. The van der Waals surface area contributed by atoms with Crippen molar-refractivity contribution in [3.63, 3.8) is 0 Å². The van der Waals surface area contributed by atoms with Crippen molar-refractivity contribution in [3.05, 3.63) is 38.1 Å². The smallest absolute Gasteiger partial charge is 0.348 e. The summed E-state index contributed by atoms with van der Waals surface area (Å²) in [5.41, 5.74) is 1.91. The third kappa shape index (κ3) is 2.80. The highest BCUT2D eigenvalue weighted by Gasteiger charge is 2.19. The summed E-state index contributed by atoms with van der Waals surface area (Å²) in [5, 5.41) is 1.87. The van der Waals surface area contributed by atoms with E-state index < -0.39 is 5.97 Å². The Bertz CT molecular complexity index is 688. The molecular formula is C14H16N2O3S. The number of aromatic amines is 1. The molecular weight excluding hydrogens is 276 g/mol. The molecule has 2 rings (SSSR count). The van der Waals surface area contributed by atoms with E-state index in [9.17, 15) is 9.59 Å². The van der Waals surface area contributed by atoms with Gasteiger partial charge in [-0.05, 0) is 24.3 Å². The van der Waals surface area contributed by atoms with E-state index in [0.29, 0.717) is 28.4 Å². The van der Waals surface area contributed by atoms with Crippen molar-refractivity contribution in [2.24, 2.45) is 0 Å². The van der Waals surface area contributed by atoms with Crippen LogP contribution in [0.2, 0.25) is 0 Å². The molecule has 0 radical (unpaired) electrons. The van der Waals surface area contributed by atoms with Crippen LogP contribution in [0, 0.1) is 6.92 Å². The zero-order chi connectivity index (χ0) is 14.7. The summed E-state index contributed by atoms with van der Waals surface area (Å²) in [6, 6.07) is 1.42. The van der Waals surface area contributed by atoms with Gasteiger partial charge < -0.3 is 9.72 Å². The number of esters is 1. The number of carbonyl (C=O) groups is 1. The minimum Gasteiger partial charge on any atom is -0.465 e. The summed E-state index contributed by atoms with van der Waals surface area (Å²) in [6.45, 7) is 3.91. The minimum atomic E-state index is -0.405. The molecule has 1 N–H and O–H groups in total. The summed E-state index contributed by atoms with van der Waals surface area (Å²) in [4.78, 5) is 31.2. The molecule has 0 saturated heterocycles. The number of nitrogens with zero attached hydrogens (tertiary/aromatic N) is 1. The Morgan fingerprint density at radius 3 is 2.90 bits per heavy atom. The number of nitrogens with one attached hydrogen (secondary N) is 1. The number of methoxy groups -OCH3 is 1. The van der Waals surface area contributed by atoms with Crippen molar-refractivity contribution in [2.75, 3.05) is 7.11 Å². The van der Waals surface area contributed by atoms with E-state index >= 15 is 0 Å². The molecule has 0 bridgehead atoms. The molecule has 0 fully saturated rings. The normalized spacial score (nSPS) is 10.6. The molecule has 106 valence electrons. The molecule has 20 heavy (non-hydrogen) atoms. The van der Waals surface area contributed by atoms with Crippen LogP contribution in [0.1, 0.15) is 34.4 Å². The molecule has 6 heteroatoms. The number of thiophene rings is 1. The average Bonchev–Trinajstić information content (AvgIpc) is 2.79. The number of hydrogen-bond acceptors (Lipinski definition) is 5. The van der Waals surface area contributed by atoms with Gasteiger partial charge in [0.1, 0.15) is 10.7 Å². The van der Waals surface area contributed by atoms with Crippen LogP contribution >= 0.6 is 11.3 Å². The maximum atomic E-state index is 11.8. The Hall–Kier alpha value is -1.95. The molecule has 0 aliphatic rings. The fourth-order valence-corrected chi connectivity index (χ4v) is 2.97. The largest absolute Gasteiger partial charge is 0.465 e. The van der Waals surface area contributed by atoms with Crippen LogP contribution in [0.5, 0.6) is 0 Å². The molecule has 0 unspecified atom stereocenters. The van der Waals surface area contributed by atoms with Crippen LogP contribution in [0.4, 0.5) is 0 Å².